The van der Waals surface area contributed by atoms with Gasteiger partial charge in [-0.3, -0.25) is 9.59 Å². The van der Waals surface area contributed by atoms with Gasteiger partial charge in [-0.15, -0.1) is 0 Å². The molecule has 4 unspecified atom stereocenters. The van der Waals surface area contributed by atoms with Gasteiger partial charge in [-0.25, -0.2) is 0 Å². The van der Waals surface area contributed by atoms with E-state index in [1.807, 2.05) is 6.08 Å². The van der Waals surface area contributed by atoms with Gasteiger partial charge in [0.25, 0.3) is 0 Å². The first-order chi connectivity index (χ1) is 35.0. The molecule has 0 bridgehead atoms. The summed E-state index contributed by atoms with van der Waals surface area (Å²) in [6, 6.07) is 0. The van der Waals surface area contributed by atoms with Crippen molar-refractivity contribution in [3.8, 4) is 0 Å². The van der Waals surface area contributed by atoms with Crippen LogP contribution in [-0.4, -0.2) is 142 Å². The smallest absolute Gasteiger partial charge is 0.306 e. The van der Waals surface area contributed by atoms with Crippen LogP contribution in [0.3, 0.4) is 0 Å². The summed E-state index contributed by atoms with van der Waals surface area (Å²) in [5, 5.41) is 72.2. The van der Waals surface area contributed by atoms with E-state index in [2.05, 4.69) is 92.8 Å². The fraction of sp³-hybridized carbons (Fsp3) is 0.719. The van der Waals surface area contributed by atoms with Gasteiger partial charge in [0.1, 0.15) is 55.4 Å². The molecule has 11 atom stereocenters. The molecule has 15 heteroatoms. The molecule has 0 aromatic rings. The number of carbonyl (C=O) groups excluding carboxylic acids is 2. The zero-order chi connectivity index (χ0) is 52.4. The Morgan fingerprint density at radius 3 is 1.38 bits per heavy atom. The fourth-order valence-electron chi connectivity index (χ4n) is 7.86. The molecule has 0 radical (unpaired) electrons. The Kier molecular flexibility index (Phi) is 38.7. The average Bonchev–Trinajstić information content (AvgIpc) is 3.37. The van der Waals surface area contributed by atoms with Crippen molar-refractivity contribution in [1.82, 2.24) is 0 Å². The summed E-state index contributed by atoms with van der Waals surface area (Å²) >= 11 is 0. The van der Waals surface area contributed by atoms with Crippen LogP contribution < -0.4 is 0 Å². The molecule has 2 heterocycles. The van der Waals surface area contributed by atoms with E-state index in [1.54, 1.807) is 0 Å². The van der Waals surface area contributed by atoms with Gasteiger partial charge in [0, 0.05) is 12.8 Å². The Labute approximate surface area is 431 Å². The zero-order valence-electron chi connectivity index (χ0n) is 43.6. The van der Waals surface area contributed by atoms with E-state index >= 15 is 0 Å². The number of unbranched alkanes of at least 4 members (excludes halogenated alkanes) is 13. The normalized spacial score (nSPS) is 25.7. The summed E-state index contributed by atoms with van der Waals surface area (Å²) in [7, 11) is 0. The maximum Gasteiger partial charge on any atom is 0.306 e. The maximum atomic E-state index is 13.0. The zero-order valence-corrected chi connectivity index (χ0v) is 43.6. The third-order valence-corrected chi connectivity index (χ3v) is 12.3. The first kappa shape index (κ1) is 64.8. The first-order valence-corrected chi connectivity index (χ1v) is 27.2. The Balaban J connectivity index is 1.84. The highest BCUT2D eigenvalue weighted by atomic mass is 16.7. The second-order valence-corrected chi connectivity index (χ2v) is 18.7. The van der Waals surface area contributed by atoms with E-state index in [9.17, 15) is 45.3 Å². The van der Waals surface area contributed by atoms with Crippen LogP contribution in [0.25, 0.3) is 0 Å². The van der Waals surface area contributed by atoms with E-state index in [-0.39, 0.29) is 19.4 Å². The van der Waals surface area contributed by atoms with Crippen molar-refractivity contribution >= 4 is 11.9 Å². The Hall–Kier alpha value is -3.32. The van der Waals surface area contributed by atoms with Crippen LogP contribution in [0.5, 0.6) is 0 Å². The molecular formula is C57H94O15. The van der Waals surface area contributed by atoms with Gasteiger partial charge in [0.2, 0.25) is 0 Å². The average molecular weight is 1020 g/mol. The lowest BCUT2D eigenvalue weighted by molar-refractivity contribution is -0.332. The van der Waals surface area contributed by atoms with Gasteiger partial charge >= 0.3 is 11.9 Å². The van der Waals surface area contributed by atoms with E-state index in [0.717, 1.165) is 64.2 Å². The summed E-state index contributed by atoms with van der Waals surface area (Å²) < 4.78 is 33.5. The molecule has 0 saturated carbocycles. The molecule has 0 aromatic carbocycles. The fourth-order valence-corrected chi connectivity index (χ4v) is 7.86. The number of ether oxygens (including phenoxy) is 6. The molecule has 2 aliphatic rings. The van der Waals surface area contributed by atoms with Crippen molar-refractivity contribution < 1.29 is 73.8 Å². The number of allylic oxidation sites excluding steroid dienone is 14. The molecule has 412 valence electrons. The Bertz CT molecular complexity index is 1570. The van der Waals surface area contributed by atoms with Crippen LogP contribution in [0.4, 0.5) is 0 Å². The molecule has 0 aliphatic carbocycles. The van der Waals surface area contributed by atoms with Gasteiger partial charge in [-0.1, -0.05) is 150 Å². The monoisotopic (exact) mass is 1020 g/mol. The van der Waals surface area contributed by atoms with Crippen LogP contribution in [0.2, 0.25) is 0 Å². The quantitative estimate of drug-likeness (QED) is 0.0173. The Morgan fingerprint density at radius 2 is 0.847 bits per heavy atom. The topological polar surface area (TPSA) is 231 Å². The highest BCUT2D eigenvalue weighted by Gasteiger charge is 2.47. The van der Waals surface area contributed by atoms with Crippen molar-refractivity contribution in [2.75, 3.05) is 26.4 Å². The molecule has 2 aliphatic heterocycles. The Morgan fingerprint density at radius 1 is 0.444 bits per heavy atom. The summed E-state index contributed by atoms with van der Waals surface area (Å²) in [5.74, 6) is -1.03. The number of aliphatic hydroxyl groups is 7. The third-order valence-electron chi connectivity index (χ3n) is 12.3. The van der Waals surface area contributed by atoms with Gasteiger partial charge in [0.15, 0.2) is 18.7 Å². The van der Waals surface area contributed by atoms with Gasteiger partial charge < -0.3 is 64.2 Å². The summed E-state index contributed by atoms with van der Waals surface area (Å²) in [4.78, 5) is 25.8. The predicted molar refractivity (Wildman–Crippen MR) is 279 cm³/mol. The number of aliphatic hydroxyl groups excluding tert-OH is 7. The number of hydrogen-bond donors (Lipinski definition) is 7. The van der Waals surface area contributed by atoms with Crippen LogP contribution in [0.15, 0.2) is 85.1 Å². The molecule has 15 nitrogen and oxygen atoms in total. The van der Waals surface area contributed by atoms with Gasteiger partial charge in [0.05, 0.1) is 19.8 Å². The van der Waals surface area contributed by atoms with Crippen molar-refractivity contribution in [3.63, 3.8) is 0 Å². The van der Waals surface area contributed by atoms with Gasteiger partial charge in [-0.05, 0) is 89.9 Å². The van der Waals surface area contributed by atoms with Gasteiger partial charge in [-0.2, -0.15) is 0 Å². The maximum absolute atomic E-state index is 13.0. The lowest BCUT2D eigenvalue weighted by Crippen LogP contribution is -2.61. The molecule has 2 rings (SSSR count). The molecule has 0 aromatic heterocycles. The highest BCUT2D eigenvalue weighted by Crippen LogP contribution is 2.26. The minimum Gasteiger partial charge on any atom is -0.462 e. The second-order valence-electron chi connectivity index (χ2n) is 18.7. The predicted octanol–water partition coefficient (Wildman–Crippen LogP) is 8.38. The van der Waals surface area contributed by atoms with Crippen molar-refractivity contribution in [3.05, 3.63) is 85.1 Å². The standard InChI is InChI=1S/C57H94O15/c1-3-5-7-9-11-13-15-17-19-21-22-24-26-28-30-32-34-36-38-40-49(60)70-45(42-67-48(59)39-37-35-33-31-29-27-25-23-20-18-16-14-12-10-8-6-4-2)43-68-56-55(66)53(64)51(62)47(72-56)44-69-57-54(65)52(63)50(61)46(41-58)71-57/h11,13,17-20,22,24-25,27-28,30-31,33,45-47,50-58,61-66H,3-10,12,14-16,21,23,26,29,32,34-44H2,1-2H3/b13-11+,19-17+,20-18+,24-22+,27-25+,30-28+,33-31+/t45-,46+,47+,50-,51-,52?,53?,54?,55?,56+,57+/m1/s1. The molecule has 7 N–H and O–H groups in total. The van der Waals surface area contributed by atoms with E-state index in [4.69, 9.17) is 28.4 Å². The van der Waals surface area contributed by atoms with E-state index < -0.39 is 99.3 Å². The van der Waals surface area contributed by atoms with Crippen LogP contribution >= 0.6 is 0 Å². The number of rotatable bonds is 41. The van der Waals surface area contributed by atoms with E-state index in [1.165, 1.54) is 57.8 Å². The van der Waals surface area contributed by atoms with Crippen molar-refractivity contribution in [2.45, 2.75) is 235 Å². The van der Waals surface area contributed by atoms with Crippen LogP contribution in [-0.2, 0) is 38.0 Å². The van der Waals surface area contributed by atoms with E-state index in [0.29, 0.717) is 19.3 Å². The van der Waals surface area contributed by atoms with Crippen LogP contribution in [0, 0.1) is 0 Å². The highest BCUT2D eigenvalue weighted by molar-refractivity contribution is 5.70. The number of carbonyl (C=O) groups is 2. The number of esters is 2. The SMILES string of the molecule is CCCCC/C=C/C/C=C/C/C=C/C/C=C/CCCCCC(=O)O[C@H](COC(=O)CCC/C=C/C/C=C/C/C=C/CCCCCCCC)CO[C@H]1O[C@@H](CO[C@H]2O[C@@H](CO)[C@@H](O)C(O)C2O)[C@@H](O)C(O)C1O. The van der Waals surface area contributed by atoms with Crippen molar-refractivity contribution in [1.29, 1.82) is 0 Å². The minimum absolute atomic E-state index is 0.112. The number of hydrogen-bond acceptors (Lipinski definition) is 15. The summed E-state index contributed by atoms with van der Waals surface area (Å²) in [6.07, 6.45) is 36.1. The summed E-state index contributed by atoms with van der Waals surface area (Å²) in [6.45, 7) is 2.46. The lowest BCUT2D eigenvalue weighted by Gasteiger charge is -2.42. The molecule has 72 heavy (non-hydrogen) atoms. The minimum atomic E-state index is -1.78. The van der Waals surface area contributed by atoms with Crippen LogP contribution in [0.1, 0.15) is 168 Å². The molecule has 2 fully saturated rings. The first-order valence-electron chi connectivity index (χ1n) is 27.2. The molecular weight excluding hydrogens is 925 g/mol. The molecule has 0 amide bonds. The largest absolute Gasteiger partial charge is 0.462 e. The molecule has 2 saturated heterocycles. The third kappa shape index (κ3) is 30.1. The molecule has 0 spiro atoms. The summed E-state index contributed by atoms with van der Waals surface area (Å²) in [5.41, 5.74) is 0. The van der Waals surface area contributed by atoms with Crippen molar-refractivity contribution in [2.24, 2.45) is 0 Å². The lowest BCUT2D eigenvalue weighted by atomic mass is 9.98. The second kappa shape index (κ2) is 43.0.